The summed E-state index contributed by atoms with van der Waals surface area (Å²) in [6, 6.07) is 16.2. The first-order valence-corrected chi connectivity index (χ1v) is 12.7. The summed E-state index contributed by atoms with van der Waals surface area (Å²) in [5.74, 6) is 2.17. The van der Waals surface area contributed by atoms with Crippen LogP contribution in [0.25, 0.3) is 11.0 Å². The van der Waals surface area contributed by atoms with Gasteiger partial charge in [0.1, 0.15) is 11.6 Å². The van der Waals surface area contributed by atoms with Crippen molar-refractivity contribution in [2.24, 2.45) is 0 Å². The third-order valence-corrected chi connectivity index (χ3v) is 6.62. The number of aryl methyl sites for hydroxylation is 1. The Balaban J connectivity index is 1.47. The van der Waals surface area contributed by atoms with Crippen LogP contribution < -0.4 is 9.64 Å². The first-order chi connectivity index (χ1) is 16.2. The summed E-state index contributed by atoms with van der Waals surface area (Å²) in [5, 5.41) is 0. The van der Waals surface area contributed by atoms with E-state index in [-0.39, 0.29) is 11.8 Å². The summed E-state index contributed by atoms with van der Waals surface area (Å²) in [7, 11) is 0. The van der Waals surface area contributed by atoms with Gasteiger partial charge in [0.05, 0.1) is 17.6 Å². The molecular weight excluding hydrogens is 410 g/mol. The summed E-state index contributed by atoms with van der Waals surface area (Å²) in [4.78, 5) is 19.8. The van der Waals surface area contributed by atoms with E-state index in [1.165, 1.54) is 44.0 Å². The number of rotatable bonds is 12. The average Bonchev–Trinajstić information content (AvgIpc) is 3.40. The van der Waals surface area contributed by atoms with Crippen LogP contribution in [0, 0.1) is 0 Å². The fourth-order valence-corrected chi connectivity index (χ4v) is 4.89. The lowest BCUT2D eigenvalue weighted by atomic mass is 10.1. The number of hydrogen-bond donors (Lipinski definition) is 0. The first kappa shape index (κ1) is 23.3. The fraction of sp³-hybridized carbons (Fsp3) is 0.500. The topological polar surface area (TPSA) is 47.4 Å². The summed E-state index contributed by atoms with van der Waals surface area (Å²) >= 11 is 0. The number of amides is 1. The third-order valence-electron chi connectivity index (χ3n) is 6.62. The third kappa shape index (κ3) is 5.58. The van der Waals surface area contributed by atoms with E-state index in [4.69, 9.17) is 9.72 Å². The molecule has 1 aromatic heterocycles. The van der Waals surface area contributed by atoms with Crippen LogP contribution in [-0.2, 0) is 11.3 Å². The highest BCUT2D eigenvalue weighted by molar-refractivity contribution is 5.96. The van der Waals surface area contributed by atoms with E-state index in [1.807, 2.05) is 42.2 Å². The van der Waals surface area contributed by atoms with Crippen molar-refractivity contribution in [2.45, 2.75) is 77.7 Å². The molecule has 1 saturated heterocycles. The Bertz CT molecular complexity index is 1040. The van der Waals surface area contributed by atoms with Crippen molar-refractivity contribution < 1.29 is 9.53 Å². The van der Waals surface area contributed by atoms with E-state index < -0.39 is 0 Å². The average molecular weight is 448 g/mol. The van der Waals surface area contributed by atoms with E-state index >= 15 is 0 Å². The molecule has 176 valence electrons. The summed E-state index contributed by atoms with van der Waals surface area (Å²) < 4.78 is 7.92. The number of aromatic nitrogens is 2. The van der Waals surface area contributed by atoms with Gasteiger partial charge in [-0.25, -0.2) is 4.98 Å². The zero-order valence-corrected chi connectivity index (χ0v) is 20.1. The number of benzene rings is 2. The van der Waals surface area contributed by atoms with Crippen LogP contribution in [0.4, 0.5) is 5.69 Å². The van der Waals surface area contributed by atoms with Crippen molar-refractivity contribution in [1.82, 2.24) is 9.55 Å². The monoisotopic (exact) mass is 447 g/mol. The Morgan fingerprint density at radius 3 is 2.42 bits per heavy atom. The molecular formula is C28H37N3O2. The lowest BCUT2D eigenvalue weighted by molar-refractivity contribution is -0.117. The molecule has 33 heavy (non-hydrogen) atoms. The van der Waals surface area contributed by atoms with E-state index in [0.29, 0.717) is 19.6 Å². The van der Waals surface area contributed by atoms with Gasteiger partial charge in [-0.1, -0.05) is 57.6 Å². The normalized spacial score (nSPS) is 16.1. The maximum Gasteiger partial charge on any atom is 0.227 e. The number of unbranched alkanes of at least 4 members (excludes halogenated alkanes) is 6. The molecule has 5 nitrogen and oxygen atoms in total. The number of anilines is 1. The second-order valence-corrected chi connectivity index (χ2v) is 9.06. The minimum Gasteiger partial charge on any atom is -0.494 e. The molecule has 4 rings (SSSR count). The Morgan fingerprint density at radius 2 is 1.67 bits per heavy atom. The Morgan fingerprint density at radius 1 is 0.939 bits per heavy atom. The molecule has 0 N–H and O–H groups in total. The maximum absolute atomic E-state index is 12.9. The predicted molar refractivity (Wildman–Crippen MR) is 135 cm³/mol. The number of nitrogens with zero attached hydrogens (tertiary/aromatic N) is 3. The number of hydrogen-bond acceptors (Lipinski definition) is 3. The Kier molecular flexibility index (Phi) is 8.03. The highest BCUT2D eigenvalue weighted by Crippen LogP contribution is 2.34. The van der Waals surface area contributed by atoms with Crippen LogP contribution in [-0.4, -0.2) is 28.6 Å². The molecule has 1 aliphatic rings. The van der Waals surface area contributed by atoms with Crippen LogP contribution in [0.3, 0.4) is 0 Å². The molecule has 0 aliphatic carbocycles. The lowest BCUT2D eigenvalue weighted by Gasteiger charge is -2.18. The van der Waals surface area contributed by atoms with Gasteiger partial charge in [0.15, 0.2) is 0 Å². The quantitative estimate of drug-likeness (QED) is 0.290. The minimum atomic E-state index is 0.112. The molecule has 2 aromatic carbocycles. The molecule has 0 spiro atoms. The number of para-hydroxylation sites is 2. The Hall–Kier alpha value is -2.82. The molecule has 0 radical (unpaired) electrons. The zero-order valence-electron chi connectivity index (χ0n) is 20.1. The van der Waals surface area contributed by atoms with Gasteiger partial charge in [0.2, 0.25) is 5.91 Å². The highest BCUT2D eigenvalue weighted by atomic mass is 16.5. The maximum atomic E-state index is 12.9. The van der Waals surface area contributed by atoms with Gasteiger partial charge < -0.3 is 14.2 Å². The van der Waals surface area contributed by atoms with Crippen LogP contribution in [0.2, 0.25) is 0 Å². The number of ether oxygens (including phenoxy) is 1. The summed E-state index contributed by atoms with van der Waals surface area (Å²) in [5.41, 5.74) is 3.15. The van der Waals surface area contributed by atoms with Crippen molar-refractivity contribution in [3.63, 3.8) is 0 Å². The lowest BCUT2D eigenvalue weighted by Crippen LogP contribution is -2.24. The molecule has 1 aliphatic heterocycles. The van der Waals surface area contributed by atoms with Crippen molar-refractivity contribution in [3.8, 4) is 5.75 Å². The van der Waals surface area contributed by atoms with Gasteiger partial charge in [0.25, 0.3) is 0 Å². The molecule has 0 saturated carbocycles. The van der Waals surface area contributed by atoms with Gasteiger partial charge in [-0.15, -0.1) is 0 Å². The SMILES string of the molecule is CCCCCCCCCn1c(C2CC(=O)N(c3ccc(OCC)cc3)C2)nc2ccccc21. The number of carbonyl (C=O) groups is 1. The van der Waals surface area contributed by atoms with Crippen molar-refractivity contribution in [3.05, 3.63) is 54.4 Å². The largest absolute Gasteiger partial charge is 0.494 e. The first-order valence-electron chi connectivity index (χ1n) is 12.7. The summed E-state index contributed by atoms with van der Waals surface area (Å²) in [6.45, 7) is 6.51. The molecule has 1 atom stereocenters. The Labute approximate surface area is 197 Å². The van der Waals surface area contributed by atoms with Crippen LogP contribution >= 0.6 is 0 Å². The molecule has 2 heterocycles. The van der Waals surface area contributed by atoms with Crippen LogP contribution in [0.15, 0.2) is 48.5 Å². The van der Waals surface area contributed by atoms with Crippen LogP contribution in [0.1, 0.15) is 77.0 Å². The molecule has 0 bridgehead atoms. The molecule has 5 heteroatoms. The van der Waals surface area contributed by atoms with Gasteiger partial charge in [0, 0.05) is 31.1 Å². The highest BCUT2D eigenvalue weighted by Gasteiger charge is 2.34. The second-order valence-electron chi connectivity index (χ2n) is 9.06. The second kappa shape index (κ2) is 11.4. The van der Waals surface area contributed by atoms with Crippen molar-refractivity contribution in [2.75, 3.05) is 18.1 Å². The number of carbonyl (C=O) groups excluding carboxylic acids is 1. The van der Waals surface area contributed by atoms with Gasteiger partial charge >= 0.3 is 0 Å². The van der Waals surface area contributed by atoms with Gasteiger partial charge in [-0.3, -0.25) is 4.79 Å². The van der Waals surface area contributed by atoms with E-state index in [2.05, 4.69) is 29.7 Å². The van der Waals surface area contributed by atoms with Crippen molar-refractivity contribution >= 4 is 22.6 Å². The van der Waals surface area contributed by atoms with Gasteiger partial charge in [-0.2, -0.15) is 0 Å². The van der Waals surface area contributed by atoms with E-state index in [0.717, 1.165) is 35.7 Å². The summed E-state index contributed by atoms with van der Waals surface area (Å²) in [6.07, 6.45) is 9.53. The van der Waals surface area contributed by atoms with Gasteiger partial charge in [-0.05, 0) is 49.7 Å². The van der Waals surface area contributed by atoms with E-state index in [9.17, 15) is 4.79 Å². The predicted octanol–water partition coefficient (Wildman–Crippen LogP) is 6.71. The van der Waals surface area contributed by atoms with Crippen LogP contribution in [0.5, 0.6) is 5.75 Å². The number of imidazole rings is 1. The smallest absolute Gasteiger partial charge is 0.227 e. The standard InChI is InChI=1S/C28H37N3O2/c1-3-5-6-7-8-9-12-19-30-26-14-11-10-13-25(26)29-28(30)22-20-27(32)31(21-22)23-15-17-24(18-16-23)33-4-2/h10-11,13-18,22H,3-9,12,19-21H2,1-2H3. The van der Waals surface area contributed by atoms with E-state index in [1.54, 1.807) is 0 Å². The molecule has 1 amide bonds. The molecule has 1 unspecified atom stereocenters. The zero-order chi connectivity index (χ0) is 23.0. The molecule has 3 aromatic rings. The molecule has 1 fully saturated rings. The fourth-order valence-electron chi connectivity index (χ4n) is 4.89. The number of fused-ring (bicyclic) bond motifs is 1. The van der Waals surface area contributed by atoms with Crippen molar-refractivity contribution in [1.29, 1.82) is 0 Å². The minimum absolute atomic E-state index is 0.112.